The van der Waals surface area contributed by atoms with Crippen LogP contribution < -0.4 is 10.6 Å². The number of benzene rings is 2. The third kappa shape index (κ3) is 4.73. The molecule has 138 valence electrons. The summed E-state index contributed by atoms with van der Waals surface area (Å²) in [6.07, 6.45) is 2.79. The summed E-state index contributed by atoms with van der Waals surface area (Å²) in [5, 5.41) is 14.8. The van der Waals surface area contributed by atoms with E-state index in [1.54, 1.807) is 24.3 Å². The molecule has 0 bridgehead atoms. The number of nitrogens with zero attached hydrogens (tertiary/aromatic N) is 1. The van der Waals surface area contributed by atoms with Crippen LogP contribution in [0, 0.1) is 30.1 Å². The Labute approximate surface area is 159 Å². The Morgan fingerprint density at radius 3 is 2.19 bits per heavy atom. The van der Waals surface area contributed by atoms with Crippen molar-refractivity contribution in [2.45, 2.75) is 32.6 Å². The topological polar surface area (TPSA) is 82.0 Å². The number of nitriles is 1. The van der Waals surface area contributed by atoms with Gasteiger partial charge in [-0.1, -0.05) is 24.3 Å². The van der Waals surface area contributed by atoms with Crippen LogP contribution in [-0.2, 0) is 9.59 Å². The predicted molar refractivity (Wildman–Crippen MR) is 105 cm³/mol. The zero-order valence-corrected chi connectivity index (χ0v) is 15.4. The Kier molecular flexibility index (Phi) is 5.87. The van der Waals surface area contributed by atoms with Crippen molar-refractivity contribution in [3.63, 3.8) is 0 Å². The maximum absolute atomic E-state index is 12.5. The van der Waals surface area contributed by atoms with Crippen LogP contribution in [-0.4, -0.2) is 11.8 Å². The summed E-state index contributed by atoms with van der Waals surface area (Å²) in [4.78, 5) is 25.0. The SMILES string of the molecule is Cc1ccccc1NC(=O)C1CCC(C(=O)Nc2cccc(C#N)c2)CC1. The van der Waals surface area contributed by atoms with Gasteiger partial charge in [-0.15, -0.1) is 0 Å². The molecule has 0 aromatic heterocycles. The zero-order chi connectivity index (χ0) is 19.2. The fourth-order valence-corrected chi connectivity index (χ4v) is 3.48. The molecule has 0 radical (unpaired) electrons. The monoisotopic (exact) mass is 361 g/mol. The highest BCUT2D eigenvalue weighted by Gasteiger charge is 2.30. The minimum absolute atomic E-state index is 0.0323. The first-order valence-corrected chi connectivity index (χ1v) is 9.24. The van der Waals surface area contributed by atoms with Gasteiger partial charge in [0.15, 0.2) is 0 Å². The normalized spacial score (nSPS) is 19.0. The summed E-state index contributed by atoms with van der Waals surface area (Å²) in [7, 11) is 0. The first-order chi connectivity index (χ1) is 13.1. The van der Waals surface area contributed by atoms with Gasteiger partial charge in [-0.05, 0) is 62.4 Å². The molecule has 0 spiro atoms. The van der Waals surface area contributed by atoms with E-state index in [4.69, 9.17) is 5.26 Å². The van der Waals surface area contributed by atoms with Crippen molar-refractivity contribution in [2.24, 2.45) is 11.8 Å². The number of para-hydroxylation sites is 1. The average molecular weight is 361 g/mol. The molecule has 2 aromatic rings. The number of rotatable bonds is 4. The number of anilines is 2. The molecular weight excluding hydrogens is 338 g/mol. The summed E-state index contributed by atoms with van der Waals surface area (Å²) in [5.74, 6) is -0.165. The minimum atomic E-state index is -0.0988. The van der Waals surface area contributed by atoms with Gasteiger partial charge in [0, 0.05) is 23.2 Å². The highest BCUT2D eigenvalue weighted by atomic mass is 16.2. The lowest BCUT2D eigenvalue weighted by Gasteiger charge is -2.27. The van der Waals surface area contributed by atoms with Crippen molar-refractivity contribution >= 4 is 23.2 Å². The fourth-order valence-electron chi connectivity index (χ4n) is 3.48. The second kappa shape index (κ2) is 8.50. The number of amides is 2. The van der Waals surface area contributed by atoms with Gasteiger partial charge in [0.05, 0.1) is 11.6 Å². The lowest BCUT2D eigenvalue weighted by atomic mass is 9.81. The van der Waals surface area contributed by atoms with Crippen molar-refractivity contribution < 1.29 is 9.59 Å². The molecule has 5 heteroatoms. The van der Waals surface area contributed by atoms with E-state index in [2.05, 4.69) is 16.7 Å². The van der Waals surface area contributed by atoms with E-state index >= 15 is 0 Å². The summed E-state index contributed by atoms with van der Waals surface area (Å²) < 4.78 is 0. The zero-order valence-electron chi connectivity index (χ0n) is 15.4. The van der Waals surface area contributed by atoms with E-state index in [1.165, 1.54) is 0 Å². The van der Waals surface area contributed by atoms with Crippen molar-refractivity contribution in [1.82, 2.24) is 0 Å². The van der Waals surface area contributed by atoms with Crippen LogP contribution in [0.5, 0.6) is 0 Å². The molecule has 1 saturated carbocycles. The van der Waals surface area contributed by atoms with E-state index in [-0.39, 0.29) is 23.7 Å². The van der Waals surface area contributed by atoms with Gasteiger partial charge in [-0.2, -0.15) is 5.26 Å². The molecule has 1 aliphatic rings. The number of hydrogen-bond acceptors (Lipinski definition) is 3. The van der Waals surface area contributed by atoms with E-state index < -0.39 is 0 Å². The van der Waals surface area contributed by atoms with Crippen LogP contribution in [0.2, 0.25) is 0 Å². The van der Waals surface area contributed by atoms with Gasteiger partial charge in [0.2, 0.25) is 11.8 Å². The Balaban J connectivity index is 1.52. The number of hydrogen-bond donors (Lipinski definition) is 2. The second-order valence-electron chi connectivity index (χ2n) is 7.03. The second-order valence-corrected chi connectivity index (χ2v) is 7.03. The molecule has 2 N–H and O–H groups in total. The highest BCUT2D eigenvalue weighted by molar-refractivity contribution is 5.95. The molecule has 2 amide bonds. The van der Waals surface area contributed by atoms with E-state index in [0.717, 1.165) is 11.3 Å². The molecule has 2 aromatic carbocycles. The highest BCUT2D eigenvalue weighted by Crippen LogP contribution is 2.31. The van der Waals surface area contributed by atoms with Crippen molar-refractivity contribution in [3.8, 4) is 6.07 Å². The number of carbonyl (C=O) groups is 2. The van der Waals surface area contributed by atoms with Crippen LogP contribution in [0.15, 0.2) is 48.5 Å². The van der Waals surface area contributed by atoms with Gasteiger partial charge in [0.25, 0.3) is 0 Å². The van der Waals surface area contributed by atoms with E-state index in [0.29, 0.717) is 36.9 Å². The standard InChI is InChI=1S/C22H23N3O2/c1-15-5-2-3-8-20(15)25-22(27)18-11-9-17(10-12-18)21(26)24-19-7-4-6-16(13-19)14-23/h2-8,13,17-18H,9-12H2,1H3,(H,24,26)(H,25,27). The Hall–Kier alpha value is -3.13. The average Bonchev–Trinajstić information content (AvgIpc) is 2.70. The van der Waals surface area contributed by atoms with Crippen LogP contribution in [0.4, 0.5) is 11.4 Å². The van der Waals surface area contributed by atoms with Crippen LogP contribution in [0.3, 0.4) is 0 Å². The molecule has 0 atom stereocenters. The Bertz CT molecular complexity index is 877. The summed E-state index contributed by atoms with van der Waals surface area (Å²) >= 11 is 0. The minimum Gasteiger partial charge on any atom is -0.326 e. The number of nitrogens with one attached hydrogen (secondary N) is 2. The van der Waals surface area contributed by atoms with Crippen molar-refractivity contribution in [3.05, 3.63) is 59.7 Å². The molecule has 1 fully saturated rings. The van der Waals surface area contributed by atoms with Crippen molar-refractivity contribution in [2.75, 3.05) is 10.6 Å². The molecular formula is C22H23N3O2. The third-order valence-electron chi connectivity index (χ3n) is 5.13. The summed E-state index contributed by atoms with van der Waals surface area (Å²) in [6, 6.07) is 16.7. The lowest BCUT2D eigenvalue weighted by molar-refractivity contribution is -0.125. The fraction of sp³-hybridized carbons (Fsp3) is 0.318. The van der Waals surface area contributed by atoms with Crippen molar-refractivity contribution in [1.29, 1.82) is 5.26 Å². The van der Waals surface area contributed by atoms with Gasteiger partial charge < -0.3 is 10.6 Å². The first-order valence-electron chi connectivity index (χ1n) is 9.24. The molecule has 3 rings (SSSR count). The van der Waals surface area contributed by atoms with Gasteiger partial charge in [-0.25, -0.2) is 0 Å². The van der Waals surface area contributed by atoms with Crippen LogP contribution in [0.25, 0.3) is 0 Å². The van der Waals surface area contributed by atoms with E-state index in [9.17, 15) is 9.59 Å². The molecule has 0 saturated heterocycles. The van der Waals surface area contributed by atoms with E-state index in [1.807, 2.05) is 31.2 Å². The van der Waals surface area contributed by atoms with Gasteiger partial charge in [-0.3, -0.25) is 9.59 Å². The molecule has 27 heavy (non-hydrogen) atoms. The Morgan fingerprint density at radius 1 is 0.926 bits per heavy atom. The molecule has 1 aliphatic carbocycles. The maximum atomic E-state index is 12.5. The number of carbonyl (C=O) groups excluding carboxylic acids is 2. The maximum Gasteiger partial charge on any atom is 0.227 e. The number of aryl methyl sites for hydroxylation is 1. The third-order valence-corrected chi connectivity index (χ3v) is 5.13. The molecule has 0 heterocycles. The Morgan fingerprint density at radius 2 is 1.56 bits per heavy atom. The van der Waals surface area contributed by atoms with Gasteiger partial charge in [0.1, 0.15) is 0 Å². The van der Waals surface area contributed by atoms with Gasteiger partial charge >= 0.3 is 0 Å². The van der Waals surface area contributed by atoms with Crippen LogP contribution in [0.1, 0.15) is 36.8 Å². The summed E-state index contributed by atoms with van der Waals surface area (Å²) in [5.41, 5.74) is 3.04. The molecule has 0 unspecified atom stereocenters. The lowest BCUT2D eigenvalue weighted by Crippen LogP contribution is -2.32. The molecule has 0 aliphatic heterocycles. The smallest absolute Gasteiger partial charge is 0.227 e. The predicted octanol–water partition coefficient (Wildman–Crippen LogP) is 4.25. The summed E-state index contributed by atoms with van der Waals surface area (Å²) in [6.45, 7) is 1.97. The molecule has 5 nitrogen and oxygen atoms in total. The quantitative estimate of drug-likeness (QED) is 0.854. The van der Waals surface area contributed by atoms with Crippen LogP contribution >= 0.6 is 0 Å². The first kappa shape index (κ1) is 18.7. The largest absolute Gasteiger partial charge is 0.326 e.